The van der Waals surface area contributed by atoms with Crippen molar-refractivity contribution in [3.8, 4) is 0 Å². The van der Waals surface area contributed by atoms with Gasteiger partial charge in [0, 0.05) is 0 Å². The van der Waals surface area contributed by atoms with E-state index < -0.39 is 70.0 Å². The van der Waals surface area contributed by atoms with Gasteiger partial charge in [0.2, 0.25) is 0 Å². The number of methoxy groups -OCH3 is 3. The number of aromatic nitrogens is 6. The van der Waals surface area contributed by atoms with Crippen molar-refractivity contribution in [3.63, 3.8) is 0 Å². The van der Waals surface area contributed by atoms with E-state index in [4.69, 9.17) is 28.4 Å². The van der Waals surface area contributed by atoms with Crippen LogP contribution in [0.4, 0.5) is 0 Å². The quantitative estimate of drug-likeness (QED) is 0.145. The molecule has 18 heteroatoms. The first-order valence-electron chi connectivity index (χ1n) is 13.1. The zero-order chi connectivity index (χ0) is 33.0. The van der Waals surface area contributed by atoms with Gasteiger partial charge in [-0.25, -0.2) is 58.7 Å². The summed E-state index contributed by atoms with van der Waals surface area (Å²) in [4.78, 5) is 103. The number of carbonyl (C=O) groups is 6. The predicted molar refractivity (Wildman–Crippen MR) is 148 cm³/mol. The van der Waals surface area contributed by atoms with Gasteiger partial charge in [0.05, 0.1) is 41.2 Å². The van der Waals surface area contributed by atoms with Crippen LogP contribution in [0.5, 0.6) is 0 Å². The van der Waals surface area contributed by atoms with Gasteiger partial charge in [0.15, 0.2) is 34.2 Å². The minimum atomic E-state index is -1.09. The Morgan fingerprint density at radius 3 is 0.711 bits per heavy atom. The van der Waals surface area contributed by atoms with E-state index in [2.05, 4.69) is 29.9 Å². The lowest BCUT2D eigenvalue weighted by molar-refractivity contribution is 0.0492. The van der Waals surface area contributed by atoms with Gasteiger partial charge in [-0.05, 0) is 20.8 Å². The van der Waals surface area contributed by atoms with Gasteiger partial charge >= 0.3 is 35.8 Å². The molecule has 0 bridgehead atoms. The average Bonchev–Trinajstić information content (AvgIpc) is 3.05. The van der Waals surface area contributed by atoms with E-state index in [0.717, 1.165) is 21.3 Å². The summed E-state index contributed by atoms with van der Waals surface area (Å²) in [5.74, 6) is -6.48. The summed E-state index contributed by atoms with van der Waals surface area (Å²) < 4.78 is 29.5. The van der Waals surface area contributed by atoms with Crippen LogP contribution >= 0.6 is 0 Å². The monoisotopic (exact) mass is 624 g/mol. The molecule has 0 atom stereocenters. The first-order valence-corrected chi connectivity index (χ1v) is 13.1. The summed E-state index contributed by atoms with van der Waals surface area (Å²) in [6.07, 6.45) is 0. The van der Waals surface area contributed by atoms with Crippen LogP contribution in [-0.4, -0.2) is 107 Å². The molecule has 0 amide bonds. The van der Waals surface area contributed by atoms with Crippen LogP contribution in [0.1, 0.15) is 83.7 Å². The highest BCUT2D eigenvalue weighted by atomic mass is 16.5. The molecular weight excluding hydrogens is 600 g/mol. The minimum Gasteiger partial charge on any atom is -0.464 e. The zero-order valence-corrected chi connectivity index (χ0v) is 24.7. The Balaban J connectivity index is 2.35. The largest absolute Gasteiger partial charge is 0.464 e. The van der Waals surface area contributed by atoms with E-state index in [1.54, 1.807) is 0 Å². The molecule has 0 radical (unpaired) electrons. The Morgan fingerprint density at radius 1 is 0.378 bits per heavy atom. The molecule has 0 unspecified atom stereocenters. The normalized spacial score (nSPS) is 10.8. The van der Waals surface area contributed by atoms with Crippen molar-refractivity contribution in [2.45, 2.75) is 20.8 Å². The second kappa shape index (κ2) is 13.1. The lowest BCUT2D eigenvalue weighted by Crippen LogP contribution is -2.21. The maximum absolute atomic E-state index is 12.9. The van der Waals surface area contributed by atoms with Gasteiger partial charge in [-0.2, -0.15) is 0 Å². The predicted octanol–water partition coefficient (Wildman–Crippen LogP) is 1.41. The molecule has 3 heterocycles. The smallest absolute Gasteiger partial charge is 0.359 e. The molecule has 0 saturated heterocycles. The molecule has 0 aliphatic carbocycles. The molecule has 0 aliphatic rings. The zero-order valence-electron chi connectivity index (χ0n) is 24.7. The summed E-state index contributed by atoms with van der Waals surface area (Å²) in [7, 11) is 3.11. The van der Waals surface area contributed by atoms with Gasteiger partial charge in [0.25, 0.3) is 0 Å². The van der Waals surface area contributed by atoms with Gasteiger partial charge in [-0.15, -0.1) is 0 Å². The molecule has 234 valence electrons. The molecule has 4 rings (SSSR count). The van der Waals surface area contributed by atoms with Crippen LogP contribution in [0, 0.1) is 0 Å². The Labute approximate surface area is 252 Å². The van der Waals surface area contributed by atoms with Crippen molar-refractivity contribution in [3.05, 3.63) is 34.2 Å². The van der Waals surface area contributed by atoms with E-state index >= 15 is 0 Å². The van der Waals surface area contributed by atoms with E-state index in [1.165, 1.54) is 20.8 Å². The van der Waals surface area contributed by atoms with Gasteiger partial charge in [-0.3, -0.25) is 0 Å². The van der Waals surface area contributed by atoms with Gasteiger partial charge in [0.1, 0.15) is 33.1 Å². The molecule has 0 spiro atoms. The van der Waals surface area contributed by atoms with E-state index in [9.17, 15) is 28.8 Å². The van der Waals surface area contributed by atoms with Crippen LogP contribution in [-0.2, 0) is 28.4 Å². The summed E-state index contributed by atoms with van der Waals surface area (Å²) >= 11 is 0. The third kappa shape index (κ3) is 5.71. The molecule has 45 heavy (non-hydrogen) atoms. The Hall–Kier alpha value is -5.94. The van der Waals surface area contributed by atoms with E-state index in [1.807, 2.05) is 0 Å². The summed E-state index contributed by atoms with van der Waals surface area (Å²) in [6, 6.07) is 0. The Bertz CT molecular complexity index is 1680. The number of benzene rings is 1. The number of hydrogen-bond acceptors (Lipinski definition) is 18. The number of ether oxygens (including phenoxy) is 6. The fraction of sp³-hybridized carbons (Fsp3) is 0.333. The summed E-state index contributed by atoms with van der Waals surface area (Å²) in [6.45, 7) is 4.25. The fourth-order valence-corrected chi connectivity index (χ4v) is 4.04. The molecule has 0 aliphatic heterocycles. The maximum atomic E-state index is 12.9. The third-order valence-electron chi connectivity index (χ3n) is 5.90. The van der Waals surface area contributed by atoms with Crippen molar-refractivity contribution in [2.24, 2.45) is 0 Å². The van der Waals surface area contributed by atoms with Crippen LogP contribution in [0.15, 0.2) is 0 Å². The van der Waals surface area contributed by atoms with Crippen LogP contribution in [0.3, 0.4) is 0 Å². The molecular formula is C27H24N6O12. The molecule has 0 saturated carbocycles. The number of esters is 6. The van der Waals surface area contributed by atoms with Gasteiger partial charge < -0.3 is 28.4 Å². The lowest BCUT2D eigenvalue weighted by Gasteiger charge is -2.14. The highest BCUT2D eigenvalue weighted by Crippen LogP contribution is 2.32. The van der Waals surface area contributed by atoms with Crippen LogP contribution < -0.4 is 0 Å². The van der Waals surface area contributed by atoms with Crippen molar-refractivity contribution >= 4 is 68.9 Å². The third-order valence-corrected chi connectivity index (χ3v) is 5.90. The molecule has 0 fully saturated rings. The highest BCUT2D eigenvalue weighted by Gasteiger charge is 2.32. The summed E-state index contributed by atoms with van der Waals surface area (Å²) in [5, 5.41) is 0. The molecule has 1 aromatic carbocycles. The standard InChI is InChI=1S/C27H24N6O12/c1-7-43-25(37)19-16(22(34)40-4)28-10-13(31-19)11-15(33-20(26(38)44-8-2)17(29-11)23(35)41-5)12-14(10)32-21(27(39)45-9-3)18(30-12)24(36)42-6/h7-9H2,1-6H3. The number of carbonyl (C=O) groups excluding carboxylic acids is 6. The number of fused-ring (bicyclic) bond motifs is 6. The van der Waals surface area contributed by atoms with Crippen LogP contribution in [0.25, 0.3) is 33.1 Å². The van der Waals surface area contributed by atoms with Gasteiger partial charge in [-0.1, -0.05) is 0 Å². The average molecular weight is 625 g/mol. The maximum Gasteiger partial charge on any atom is 0.359 e. The van der Waals surface area contributed by atoms with Crippen molar-refractivity contribution < 1.29 is 57.2 Å². The SMILES string of the molecule is CCOC(=O)c1nc2c(nc1C(=O)OC)c1nc(C(=O)OCC)c(C(=O)OC)nc1c1nc(C(=O)OCC)c(C(=O)OC)nc21. The van der Waals surface area contributed by atoms with E-state index in [-0.39, 0.29) is 52.9 Å². The van der Waals surface area contributed by atoms with Crippen LogP contribution in [0.2, 0.25) is 0 Å². The van der Waals surface area contributed by atoms with Crippen molar-refractivity contribution in [2.75, 3.05) is 41.2 Å². The Kier molecular flexibility index (Phi) is 9.34. The molecule has 0 N–H and O–H groups in total. The number of hydrogen-bond donors (Lipinski definition) is 0. The number of nitrogens with zero attached hydrogens (tertiary/aromatic N) is 6. The second-order valence-corrected chi connectivity index (χ2v) is 8.49. The number of rotatable bonds is 9. The molecule has 4 aromatic rings. The Morgan fingerprint density at radius 2 is 0.556 bits per heavy atom. The topological polar surface area (TPSA) is 235 Å². The lowest BCUT2D eigenvalue weighted by atomic mass is 10.1. The second-order valence-electron chi connectivity index (χ2n) is 8.49. The molecule has 18 nitrogen and oxygen atoms in total. The minimum absolute atomic E-state index is 0.0997. The molecule has 3 aromatic heterocycles. The van der Waals surface area contributed by atoms with Crippen molar-refractivity contribution in [1.82, 2.24) is 29.9 Å². The fourth-order valence-electron chi connectivity index (χ4n) is 4.04. The van der Waals surface area contributed by atoms with Crippen molar-refractivity contribution in [1.29, 1.82) is 0 Å². The van der Waals surface area contributed by atoms with E-state index in [0.29, 0.717) is 0 Å². The first-order chi connectivity index (χ1) is 21.6. The first kappa shape index (κ1) is 32.0. The highest BCUT2D eigenvalue weighted by molar-refractivity contribution is 6.21. The summed E-state index contributed by atoms with van der Waals surface area (Å²) in [5.41, 5.74) is -5.39.